The minimum absolute atomic E-state index is 0.0281. The first-order valence-electron chi connectivity index (χ1n) is 8.09. The van der Waals surface area contributed by atoms with E-state index in [-0.39, 0.29) is 30.1 Å². The molecular formula is C19H19FN2O3. The molecule has 1 saturated carbocycles. The lowest BCUT2D eigenvalue weighted by atomic mass is 10.1. The van der Waals surface area contributed by atoms with Gasteiger partial charge in [-0.15, -0.1) is 0 Å². The van der Waals surface area contributed by atoms with Crippen LogP contribution < -0.4 is 0 Å². The average molecular weight is 342 g/mol. The Bertz CT molecular complexity index is 772. The summed E-state index contributed by atoms with van der Waals surface area (Å²) in [4.78, 5) is 18.0. The Morgan fingerprint density at radius 3 is 2.68 bits per heavy atom. The molecule has 0 radical (unpaired) electrons. The zero-order chi connectivity index (χ0) is 17.8. The minimum Gasteiger partial charge on any atom is -0.506 e. The van der Waals surface area contributed by atoms with E-state index in [1.807, 2.05) is 0 Å². The third kappa shape index (κ3) is 4.64. The van der Waals surface area contributed by atoms with Gasteiger partial charge in [0.2, 0.25) is 5.91 Å². The summed E-state index contributed by atoms with van der Waals surface area (Å²) in [6, 6.07) is 7.24. The Morgan fingerprint density at radius 2 is 2.04 bits per heavy atom. The number of carbonyl (C=O) groups is 1. The molecule has 25 heavy (non-hydrogen) atoms. The summed E-state index contributed by atoms with van der Waals surface area (Å²) in [6.07, 6.45) is 6.78. The van der Waals surface area contributed by atoms with Gasteiger partial charge in [-0.25, -0.2) is 4.39 Å². The van der Waals surface area contributed by atoms with Crippen molar-refractivity contribution in [2.24, 2.45) is 0 Å². The van der Waals surface area contributed by atoms with Gasteiger partial charge >= 0.3 is 0 Å². The van der Waals surface area contributed by atoms with E-state index in [2.05, 4.69) is 4.98 Å². The standard InChI is InChI=1S/C19H19FN2O3/c20-15-4-2-14(3-5-15)18(24)12-22(16-6-7-16)19(25)8-1-13-9-17(23)11-21-10-13/h1-5,8-11,16,18,23-24H,6-7,12H2/b8-1+. The fraction of sp³-hybridized carbons (Fsp3) is 0.263. The molecular weight excluding hydrogens is 323 g/mol. The number of aromatic hydroxyl groups is 1. The van der Waals surface area contributed by atoms with Crippen molar-refractivity contribution in [1.82, 2.24) is 9.88 Å². The molecule has 0 saturated heterocycles. The van der Waals surface area contributed by atoms with Crippen LogP contribution in [0.25, 0.3) is 6.08 Å². The maximum absolute atomic E-state index is 13.0. The highest BCUT2D eigenvalue weighted by Gasteiger charge is 2.33. The Labute approximate surface area is 145 Å². The molecule has 1 aromatic carbocycles. The van der Waals surface area contributed by atoms with Crippen LogP contribution in [0.2, 0.25) is 0 Å². The van der Waals surface area contributed by atoms with Gasteiger partial charge in [0, 0.05) is 18.3 Å². The lowest BCUT2D eigenvalue weighted by molar-refractivity contribution is -0.128. The smallest absolute Gasteiger partial charge is 0.246 e. The van der Waals surface area contributed by atoms with Crippen molar-refractivity contribution in [3.05, 3.63) is 65.7 Å². The number of aromatic nitrogens is 1. The van der Waals surface area contributed by atoms with E-state index < -0.39 is 6.10 Å². The number of aliphatic hydroxyl groups is 1. The van der Waals surface area contributed by atoms with Crippen molar-refractivity contribution in [3.63, 3.8) is 0 Å². The number of hydrogen-bond donors (Lipinski definition) is 2. The fourth-order valence-electron chi connectivity index (χ4n) is 2.58. The predicted octanol–water partition coefficient (Wildman–Crippen LogP) is 2.66. The Balaban J connectivity index is 1.68. The van der Waals surface area contributed by atoms with Gasteiger partial charge in [-0.3, -0.25) is 9.78 Å². The quantitative estimate of drug-likeness (QED) is 0.792. The van der Waals surface area contributed by atoms with Gasteiger partial charge < -0.3 is 15.1 Å². The van der Waals surface area contributed by atoms with Gasteiger partial charge in [0.25, 0.3) is 0 Å². The molecule has 1 unspecified atom stereocenters. The number of carbonyl (C=O) groups excluding carboxylic acids is 1. The van der Waals surface area contributed by atoms with Crippen LogP contribution in [-0.4, -0.2) is 38.6 Å². The van der Waals surface area contributed by atoms with Crippen LogP contribution in [0.1, 0.15) is 30.1 Å². The zero-order valence-corrected chi connectivity index (χ0v) is 13.5. The number of pyridine rings is 1. The van der Waals surface area contributed by atoms with Gasteiger partial charge in [-0.05, 0) is 48.2 Å². The first-order valence-corrected chi connectivity index (χ1v) is 8.09. The van der Waals surface area contributed by atoms with Crippen LogP contribution in [0.3, 0.4) is 0 Å². The monoisotopic (exact) mass is 342 g/mol. The number of halogens is 1. The Kier molecular flexibility index (Phi) is 5.09. The SMILES string of the molecule is O=C(/C=C/c1cncc(O)c1)N(CC(O)c1ccc(F)cc1)C1CC1. The van der Waals surface area contributed by atoms with Crippen molar-refractivity contribution in [1.29, 1.82) is 0 Å². The molecule has 1 aromatic heterocycles. The van der Waals surface area contributed by atoms with Crippen LogP contribution in [0, 0.1) is 5.82 Å². The molecule has 0 aliphatic heterocycles. The van der Waals surface area contributed by atoms with Gasteiger partial charge in [0.1, 0.15) is 11.6 Å². The zero-order valence-electron chi connectivity index (χ0n) is 13.5. The minimum atomic E-state index is -0.874. The molecule has 1 aliphatic carbocycles. The van der Waals surface area contributed by atoms with Crippen molar-refractivity contribution < 1.29 is 19.4 Å². The van der Waals surface area contributed by atoms with Crippen molar-refractivity contribution in [2.75, 3.05) is 6.54 Å². The molecule has 6 heteroatoms. The second kappa shape index (κ2) is 7.44. The number of hydrogen-bond acceptors (Lipinski definition) is 4. The summed E-state index contributed by atoms with van der Waals surface area (Å²) in [6.45, 7) is 0.151. The summed E-state index contributed by atoms with van der Waals surface area (Å²) in [5, 5.41) is 19.7. The molecule has 0 bridgehead atoms. The first kappa shape index (κ1) is 17.1. The van der Waals surface area contributed by atoms with Crippen LogP contribution in [0.4, 0.5) is 4.39 Å². The topological polar surface area (TPSA) is 73.7 Å². The molecule has 2 N–H and O–H groups in total. The van der Waals surface area contributed by atoms with Crippen molar-refractivity contribution in [2.45, 2.75) is 25.0 Å². The van der Waals surface area contributed by atoms with Crippen LogP contribution >= 0.6 is 0 Å². The summed E-state index contributed by atoms with van der Waals surface area (Å²) < 4.78 is 13.0. The van der Waals surface area contributed by atoms with Gasteiger partial charge in [0.15, 0.2) is 0 Å². The first-order chi connectivity index (χ1) is 12.0. The maximum atomic E-state index is 13.0. The summed E-state index contributed by atoms with van der Waals surface area (Å²) in [7, 11) is 0. The highest BCUT2D eigenvalue weighted by Crippen LogP contribution is 2.29. The summed E-state index contributed by atoms with van der Waals surface area (Å²) in [5.74, 6) is -0.555. The number of benzene rings is 1. The third-order valence-electron chi connectivity index (χ3n) is 4.06. The van der Waals surface area contributed by atoms with E-state index in [0.29, 0.717) is 11.1 Å². The molecule has 3 rings (SSSR count). The highest BCUT2D eigenvalue weighted by molar-refractivity contribution is 5.92. The normalized spacial score (nSPS) is 15.3. The van der Waals surface area contributed by atoms with Crippen LogP contribution in [0.15, 0.2) is 48.8 Å². The predicted molar refractivity (Wildman–Crippen MR) is 91.0 cm³/mol. The molecule has 1 fully saturated rings. The number of nitrogens with zero attached hydrogens (tertiary/aromatic N) is 2. The Morgan fingerprint density at radius 1 is 1.32 bits per heavy atom. The second-order valence-electron chi connectivity index (χ2n) is 6.10. The van der Waals surface area contributed by atoms with Crippen LogP contribution in [-0.2, 0) is 4.79 Å². The van der Waals surface area contributed by atoms with E-state index in [1.54, 1.807) is 17.2 Å². The number of rotatable bonds is 6. The van der Waals surface area contributed by atoms with E-state index in [0.717, 1.165) is 12.8 Å². The van der Waals surface area contributed by atoms with Crippen molar-refractivity contribution in [3.8, 4) is 5.75 Å². The van der Waals surface area contributed by atoms with Crippen molar-refractivity contribution >= 4 is 12.0 Å². The van der Waals surface area contributed by atoms with E-state index in [4.69, 9.17) is 0 Å². The largest absolute Gasteiger partial charge is 0.506 e. The molecule has 1 aliphatic rings. The number of amides is 1. The third-order valence-corrected chi connectivity index (χ3v) is 4.06. The van der Waals surface area contributed by atoms with E-state index in [1.165, 1.54) is 42.6 Å². The van der Waals surface area contributed by atoms with E-state index in [9.17, 15) is 19.4 Å². The summed E-state index contributed by atoms with van der Waals surface area (Å²) in [5.41, 5.74) is 1.18. The highest BCUT2D eigenvalue weighted by atomic mass is 19.1. The Hall–Kier alpha value is -2.73. The molecule has 130 valence electrons. The molecule has 1 atom stereocenters. The second-order valence-corrected chi connectivity index (χ2v) is 6.10. The molecule has 5 nitrogen and oxygen atoms in total. The molecule has 0 spiro atoms. The fourth-order valence-corrected chi connectivity index (χ4v) is 2.58. The summed E-state index contributed by atoms with van der Waals surface area (Å²) >= 11 is 0. The van der Waals surface area contributed by atoms with Crippen LogP contribution in [0.5, 0.6) is 5.75 Å². The van der Waals surface area contributed by atoms with Gasteiger partial charge in [-0.1, -0.05) is 12.1 Å². The lowest BCUT2D eigenvalue weighted by Crippen LogP contribution is -2.35. The number of aliphatic hydroxyl groups excluding tert-OH is 1. The van der Waals surface area contributed by atoms with Gasteiger partial charge in [-0.2, -0.15) is 0 Å². The average Bonchev–Trinajstić information content (AvgIpc) is 3.43. The maximum Gasteiger partial charge on any atom is 0.246 e. The van der Waals surface area contributed by atoms with E-state index >= 15 is 0 Å². The molecule has 2 aromatic rings. The molecule has 1 amide bonds. The molecule has 1 heterocycles. The van der Waals surface area contributed by atoms with Gasteiger partial charge in [0.05, 0.1) is 18.8 Å². The lowest BCUT2D eigenvalue weighted by Gasteiger charge is -2.24.